The highest BCUT2D eigenvalue weighted by atomic mass is 32.2. The van der Waals surface area contributed by atoms with Crippen LogP contribution in [0, 0.1) is 5.92 Å². The van der Waals surface area contributed by atoms with Crippen molar-refractivity contribution in [3.8, 4) is 5.75 Å². The smallest absolute Gasteiger partial charge is 0.481 e. The largest absolute Gasteiger partial charge is 0.573 e. The van der Waals surface area contributed by atoms with Crippen LogP contribution in [0.3, 0.4) is 0 Å². The molecular formula is C13H14F3NO6S. The topological polar surface area (TPSA) is 104 Å². The van der Waals surface area contributed by atoms with Gasteiger partial charge in [-0.1, -0.05) is 0 Å². The molecule has 0 unspecified atom stereocenters. The molecule has 0 amide bonds. The van der Waals surface area contributed by atoms with E-state index in [4.69, 9.17) is 5.11 Å². The van der Waals surface area contributed by atoms with Gasteiger partial charge in [-0.05, 0) is 30.7 Å². The predicted octanol–water partition coefficient (Wildman–Crippen LogP) is 1.04. The second-order valence-corrected chi connectivity index (χ2v) is 7.12. The lowest BCUT2D eigenvalue weighted by molar-refractivity contribution is -0.274. The number of ether oxygens (including phenoxy) is 1. The molecule has 2 rings (SSSR count). The predicted molar refractivity (Wildman–Crippen MR) is 73.6 cm³/mol. The van der Waals surface area contributed by atoms with E-state index in [2.05, 4.69) is 4.74 Å². The Morgan fingerprint density at radius 2 is 1.83 bits per heavy atom. The van der Waals surface area contributed by atoms with Crippen LogP contribution in [0.15, 0.2) is 29.2 Å². The van der Waals surface area contributed by atoms with E-state index in [9.17, 15) is 31.5 Å². The minimum absolute atomic E-state index is 0.0501. The molecule has 134 valence electrons. The van der Waals surface area contributed by atoms with Gasteiger partial charge >= 0.3 is 12.3 Å². The molecule has 0 bridgehead atoms. The number of carboxylic acid groups (broad SMARTS) is 1. The van der Waals surface area contributed by atoms with Crippen LogP contribution in [0.1, 0.15) is 6.42 Å². The summed E-state index contributed by atoms with van der Waals surface area (Å²) >= 11 is 0. The van der Waals surface area contributed by atoms with E-state index in [1.165, 1.54) is 0 Å². The molecule has 0 spiro atoms. The summed E-state index contributed by atoms with van der Waals surface area (Å²) in [6.45, 7) is -0.506. The molecule has 1 saturated heterocycles. The first-order chi connectivity index (χ1) is 11.0. The number of rotatable bonds is 4. The summed E-state index contributed by atoms with van der Waals surface area (Å²) in [5, 5.41) is 18.6. The van der Waals surface area contributed by atoms with E-state index in [1.807, 2.05) is 0 Å². The Kier molecular flexibility index (Phi) is 5.06. The highest BCUT2D eigenvalue weighted by Crippen LogP contribution is 2.27. The van der Waals surface area contributed by atoms with Gasteiger partial charge in [-0.2, -0.15) is 4.31 Å². The molecule has 0 radical (unpaired) electrons. The van der Waals surface area contributed by atoms with Gasteiger partial charge in [0.2, 0.25) is 10.0 Å². The van der Waals surface area contributed by atoms with Gasteiger partial charge in [0.15, 0.2) is 0 Å². The normalized spacial score (nSPS) is 23.0. The number of hydrogen-bond acceptors (Lipinski definition) is 5. The number of alkyl halides is 3. The van der Waals surface area contributed by atoms with Crippen LogP contribution < -0.4 is 4.74 Å². The van der Waals surface area contributed by atoms with E-state index in [0.29, 0.717) is 0 Å². The van der Waals surface area contributed by atoms with Gasteiger partial charge in [0.1, 0.15) is 5.75 Å². The summed E-state index contributed by atoms with van der Waals surface area (Å²) in [5.74, 6) is -3.16. The lowest BCUT2D eigenvalue weighted by Crippen LogP contribution is -2.48. The van der Waals surface area contributed by atoms with Crippen molar-refractivity contribution < 1.29 is 41.3 Å². The maximum atomic E-state index is 12.4. The zero-order chi connectivity index (χ0) is 18.1. The molecule has 1 fully saturated rings. The van der Waals surface area contributed by atoms with Crippen molar-refractivity contribution >= 4 is 16.0 Å². The maximum absolute atomic E-state index is 12.4. The summed E-state index contributed by atoms with van der Waals surface area (Å²) in [6.07, 6.45) is -6.10. The Balaban J connectivity index is 2.19. The highest BCUT2D eigenvalue weighted by molar-refractivity contribution is 7.89. The monoisotopic (exact) mass is 369 g/mol. The summed E-state index contributed by atoms with van der Waals surface area (Å²) in [6, 6.07) is 3.59. The SMILES string of the molecule is O=C(O)[C@H]1CN(S(=O)(=O)c2ccc(OC(F)(F)F)cc2)CC[C@@H]1O. The average Bonchev–Trinajstić information content (AvgIpc) is 2.46. The van der Waals surface area contributed by atoms with Gasteiger partial charge in [-0.3, -0.25) is 4.79 Å². The van der Waals surface area contributed by atoms with Gasteiger partial charge in [-0.15, -0.1) is 13.2 Å². The first kappa shape index (κ1) is 18.5. The zero-order valence-corrected chi connectivity index (χ0v) is 12.9. The fraction of sp³-hybridized carbons (Fsp3) is 0.462. The Hall–Kier alpha value is -1.85. The summed E-state index contributed by atoms with van der Waals surface area (Å²) in [7, 11) is -4.09. The van der Waals surface area contributed by atoms with E-state index in [1.54, 1.807) is 0 Å². The zero-order valence-electron chi connectivity index (χ0n) is 12.1. The van der Waals surface area contributed by atoms with Crippen LogP contribution in [0.2, 0.25) is 0 Å². The van der Waals surface area contributed by atoms with Crippen LogP contribution in [0.4, 0.5) is 13.2 Å². The minimum Gasteiger partial charge on any atom is -0.481 e. The van der Waals surface area contributed by atoms with Gasteiger partial charge in [0, 0.05) is 13.1 Å². The maximum Gasteiger partial charge on any atom is 0.573 e. The first-order valence-electron chi connectivity index (χ1n) is 6.77. The molecule has 11 heteroatoms. The summed E-state index contributed by atoms with van der Waals surface area (Å²) in [4.78, 5) is 10.8. The highest BCUT2D eigenvalue weighted by Gasteiger charge is 2.38. The lowest BCUT2D eigenvalue weighted by Gasteiger charge is -2.33. The molecule has 1 aromatic rings. The third-order valence-corrected chi connectivity index (χ3v) is 5.43. The number of aliphatic carboxylic acids is 1. The Morgan fingerprint density at radius 3 is 2.33 bits per heavy atom. The number of aliphatic hydroxyl groups excluding tert-OH is 1. The number of halogens is 3. The van der Waals surface area contributed by atoms with Crippen LogP contribution >= 0.6 is 0 Å². The molecule has 0 aliphatic carbocycles. The lowest BCUT2D eigenvalue weighted by atomic mass is 9.96. The van der Waals surface area contributed by atoms with Gasteiger partial charge < -0.3 is 14.9 Å². The van der Waals surface area contributed by atoms with Crippen molar-refractivity contribution in [1.29, 1.82) is 0 Å². The van der Waals surface area contributed by atoms with Crippen molar-refractivity contribution in [1.82, 2.24) is 4.31 Å². The molecule has 1 aliphatic heterocycles. The van der Waals surface area contributed by atoms with E-state index in [-0.39, 0.29) is 17.9 Å². The number of benzene rings is 1. The van der Waals surface area contributed by atoms with Crippen LogP contribution in [-0.2, 0) is 14.8 Å². The van der Waals surface area contributed by atoms with Gasteiger partial charge in [-0.25, -0.2) is 8.42 Å². The Morgan fingerprint density at radius 1 is 1.25 bits per heavy atom. The fourth-order valence-electron chi connectivity index (χ4n) is 2.33. The number of hydrogen-bond donors (Lipinski definition) is 2. The van der Waals surface area contributed by atoms with E-state index < -0.39 is 46.7 Å². The van der Waals surface area contributed by atoms with Crippen molar-refractivity contribution in [3.63, 3.8) is 0 Å². The molecule has 2 atom stereocenters. The standard InChI is InChI=1S/C13H14F3NO6S/c14-13(15,16)23-8-1-3-9(4-2-8)24(21,22)17-6-5-11(18)10(7-17)12(19)20/h1-4,10-11,18H,5-7H2,(H,19,20)/t10-,11-/m0/s1. The average molecular weight is 369 g/mol. The molecule has 24 heavy (non-hydrogen) atoms. The van der Waals surface area contributed by atoms with Gasteiger partial charge in [0.25, 0.3) is 0 Å². The summed E-state index contributed by atoms with van der Waals surface area (Å²) < 4.78 is 65.7. The van der Waals surface area contributed by atoms with Crippen molar-refractivity contribution in [2.45, 2.75) is 23.8 Å². The Bertz CT molecular complexity index is 703. The van der Waals surface area contributed by atoms with Crippen LogP contribution in [0.25, 0.3) is 0 Å². The number of carbonyl (C=O) groups is 1. The van der Waals surface area contributed by atoms with E-state index >= 15 is 0 Å². The molecular weight excluding hydrogens is 355 g/mol. The second-order valence-electron chi connectivity index (χ2n) is 5.18. The van der Waals surface area contributed by atoms with Crippen LogP contribution in [0.5, 0.6) is 5.75 Å². The molecule has 0 aromatic heterocycles. The van der Waals surface area contributed by atoms with Gasteiger partial charge in [0.05, 0.1) is 16.9 Å². The number of piperidine rings is 1. The van der Waals surface area contributed by atoms with Crippen LogP contribution in [-0.4, -0.2) is 54.5 Å². The minimum atomic E-state index is -4.89. The van der Waals surface area contributed by atoms with Crippen molar-refractivity contribution in [2.24, 2.45) is 5.92 Å². The third kappa shape index (κ3) is 4.16. The molecule has 7 nitrogen and oxygen atoms in total. The third-order valence-electron chi connectivity index (χ3n) is 3.55. The fourth-order valence-corrected chi connectivity index (χ4v) is 3.81. The molecule has 2 N–H and O–H groups in total. The summed E-state index contributed by atoms with van der Waals surface area (Å²) in [5.41, 5.74) is 0. The van der Waals surface area contributed by atoms with E-state index in [0.717, 1.165) is 28.6 Å². The van der Waals surface area contributed by atoms with Crippen molar-refractivity contribution in [2.75, 3.05) is 13.1 Å². The second kappa shape index (κ2) is 6.57. The molecule has 1 heterocycles. The number of nitrogens with zero attached hydrogens (tertiary/aromatic N) is 1. The first-order valence-corrected chi connectivity index (χ1v) is 8.21. The number of aliphatic hydroxyl groups is 1. The Labute approximate surface area is 135 Å². The van der Waals surface area contributed by atoms with Crippen molar-refractivity contribution in [3.05, 3.63) is 24.3 Å². The quantitative estimate of drug-likeness (QED) is 0.822. The molecule has 1 aliphatic rings. The number of sulfonamides is 1. The molecule has 1 aromatic carbocycles. The number of carboxylic acids is 1. The molecule has 0 saturated carbocycles.